The van der Waals surface area contributed by atoms with E-state index in [9.17, 15) is 9.90 Å². The summed E-state index contributed by atoms with van der Waals surface area (Å²) in [6.07, 6.45) is 4.02. The van der Waals surface area contributed by atoms with E-state index in [0.29, 0.717) is 12.5 Å². The predicted octanol–water partition coefficient (Wildman–Crippen LogP) is 0.931. The van der Waals surface area contributed by atoms with Crippen LogP contribution in [0.2, 0.25) is 0 Å². The zero-order valence-electron chi connectivity index (χ0n) is 11.0. The van der Waals surface area contributed by atoms with Crippen molar-refractivity contribution in [2.45, 2.75) is 38.7 Å². The van der Waals surface area contributed by atoms with E-state index < -0.39 is 0 Å². The highest BCUT2D eigenvalue weighted by molar-refractivity contribution is 5.85. The normalized spacial score (nSPS) is 29.9. The van der Waals surface area contributed by atoms with Gasteiger partial charge < -0.3 is 15.7 Å². The van der Waals surface area contributed by atoms with Crippen molar-refractivity contribution in [1.82, 2.24) is 10.6 Å². The Morgan fingerprint density at radius 1 is 1.39 bits per heavy atom. The molecule has 0 aromatic carbocycles. The summed E-state index contributed by atoms with van der Waals surface area (Å²) in [5.74, 6) is 0.997. The molecular weight excluding hydrogens is 252 g/mol. The fraction of sp³-hybridized carbons (Fsp3) is 0.923. The molecule has 0 aromatic heterocycles. The second kappa shape index (κ2) is 7.31. The maximum absolute atomic E-state index is 11.9. The summed E-state index contributed by atoms with van der Waals surface area (Å²) >= 11 is 0. The van der Waals surface area contributed by atoms with Gasteiger partial charge in [-0.3, -0.25) is 4.79 Å². The fourth-order valence-corrected chi connectivity index (χ4v) is 2.70. The molecule has 1 saturated heterocycles. The van der Waals surface area contributed by atoms with Crippen molar-refractivity contribution in [2.75, 3.05) is 19.6 Å². The van der Waals surface area contributed by atoms with Gasteiger partial charge in [-0.25, -0.2) is 0 Å². The molecule has 18 heavy (non-hydrogen) atoms. The van der Waals surface area contributed by atoms with Gasteiger partial charge in [0.2, 0.25) is 5.91 Å². The van der Waals surface area contributed by atoms with Crippen LogP contribution in [-0.2, 0) is 4.79 Å². The number of aliphatic hydroxyl groups excluding tert-OH is 1. The summed E-state index contributed by atoms with van der Waals surface area (Å²) in [6.45, 7) is 4.56. The lowest BCUT2D eigenvalue weighted by molar-refractivity contribution is -0.127. The number of rotatable bonds is 4. The third-order valence-corrected chi connectivity index (χ3v) is 4.34. The summed E-state index contributed by atoms with van der Waals surface area (Å²) in [5.41, 5.74) is 0. The molecule has 1 aliphatic heterocycles. The van der Waals surface area contributed by atoms with Crippen molar-refractivity contribution in [1.29, 1.82) is 0 Å². The summed E-state index contributed by atoms with van der Waals surface area (Å²) in [5, 5.41) is 16.0. The molecule has 1 aliphatic carbocycles. The van der Waals surface area contributed by atoms with Gasteiger partial charge in [0.05, 0.1) is 6.10 Å². The first-order chi connectivity index (χ1) is 8.18. The maximum Gasteiger partial charge on any atom is 0.223 e. The van der Waals surface area contributed by atoms with Crippen LogP contribution in [-0.4, -0.2) is 36.8 Å². The summed E-state index contributed by atoms with van der Waals surface area (Å²) in [7, 11) is 0. The van der Waals surface area contributed by atoms with Gasteiger partial charge in [-0.2, -0.15) is 0 Å². The second-order valence-electron chi connectivity index (χ2n) is 5.56. The summed E-state index contributed by atoms with van der Waals surface area (Å²) in [4.78, 5) is 11.9. The highest BCUT2D eigenvalue weighted by atomic mass is 35.5. The number of carbonyl (C=O) groups is 1. The maximum atomic E-state index is 11.9. The quantitative estimate of drug-likeness (QED) is 0.716. The van der Waals surface area contributed by atoms with Crippen LogP contribution in [0.4, 0.5) is 0 Å². The van der Waals surface area contributed by atoms with Crippen molar-refractivity contribution >= 4 is 18.3 Å². The first-order valence-electron chi connectivity index (χ1n) is 6.85. The molecule has 3 N–H and O–H groups in total. The molecule has 0 bridgehead atoms. The molecule has 3 atom stereocenters. The topological polar surface area (TPSA) is 61.4 Å². The minimum Gasteiger partial charge on any atom is -0.393 e. The standard InChI is InChI=1S/C13H24N2O2.ClH/c1-9(11-6-14-7-11)13(17)15-8-10-4-2-3-5-12(10)16;/h9-12,14,16H,2-8H2,1H3,(H,15,17);1H. The molecule has 3 unspecified atom stereocenters. The van der Waals surface area contributed by atoms with Crippen LogP contribution in [0.1, 0.15) is 32.6 Å². The van der Waals surface area contributed by atoms with Gasteiger partial charge in [0.25, 0.3) is 0 Å². The van der Waals surface area contributed by atoms with Gasteiger partial charge in [0.1, 0.15) is 0 Å². The fourth-order valence-electron chi connectivity index (χ4n) is 2.70. The van der Waals surface area contributed by atoms with Crippen LogP contribution in [0.25, 0.3) is 0 Å². The largest absolute Gasteiger partial charge is 0.393 e. The first-order valence-corrected chi connectivity index (χ1v) is 6.85. The van der Waals surface area contributed by atoms with Gasteiger partial charge in [-0.1, -0.05) is 19.8 Å². The zero-order valence-corrected chi connectivity index (χ0v) is 11.8. The van der Waals surface area contributed by atoms with Crippen LogP contribution in [0.15, 0.2) is 0 Å². The SMILES string of the molecule is CC(C(=O)NCC1CCCCC1O)C1CNC1.Cl. The Kier molecular flexibility index (Phi) is 6.39. The minimum atomic E-state index is -0.218. The highest BCUT2D eigenvalue weighted by Crippen LogP contribution is 2.24. The van der Waals surface area contributed by atoms with Crippen LogP contribution < -0.4 is 10.6 Å². The number of amides is 1. The highest BCUT2D eigenvalue weighted by Gasteiger charge is 2.29. The van der Waals surface area contributed by atoms with Gasteiger partial charge in [0.15, 0.2) is 0 Å². The minimum absolute atomic E-state index is 0. The van der Waals surface area contributed by atoms with Gasteiger partial charge in [-0.15, -0.1) is 12.4 Å². The molecule has 2 aliphatic rings. The molecule has 106 valence electrons. The van der Waals surface area contributed by atoms with E-state index >= 15 is 0 Å². The van der Waals surface area contributed by atoms with E-state index in [4.69, 9.17) is 0 Å². The molecule has 1 amide bonds. The third-order valence-electron chi connectivity index (χ3n) is 4.34. The molecule has 5 heteroatoms. The number of carbonyl (C=O) groups excluding carboxylic acids is 1. The lowest BCUT2D eigenvalue weighted by atomic mass is 9.85. The van der Waals surface area contributed by atoms with Crippen LogP contribution in [0, 0.1) is 17.8 Å². The Balaban J connectivity index is 0.00000162. The van der Waals surface area contributed by atoms with Crippen LogP contribution >= 0.6 is 12.4 Å². The number of nitrogens with one attached hydrogen (secondary N) is 2. The lowest BCUT2D eigenvalue weighted by Crippen LogP contribution is -2.50. The summed E-state index contributed by atoms with van der Waals surface area (Å²) in [6, 6.07) is 0. The van der Waals surface area contributed by atoms with Crippen molar-refractivity contribution in [3.63, 3.8) is 0 Å². The predicted molar refractivity (Wildman–Crippen MR) is 73.7 cm³/mol. The van der Waals surface area contributed by atoms with Crippen molar-refractivity contribution < 1.29 is 9.90 Å². The molecule has 2 rings (SSSR count). The molecule has 0 spiro atoms. The lowest BCUT2D eigenvalue weighted by Gasteiger charge is -2.33. The Morgan fingerprint density at radius 2 is 2.06 bits per heavy atom. The smallest absolute Gasteiger partial charge is 0.223 e. The van der Waals surface area contributed by atoms with Crippen LogP contribution in [0.5, 0.6) is 0 Å². The van der Waals surface area contributed by atoms with Crippen molar-refractivity contribution in [3.8, 4) is 0 Å². The van der Waals surface area contributed by atoms with E-state index in [1.165, 1.54) is 6.42 Å². The Morgan fingerprint density at radius 3 is 2.61 bits per heavy atom. The van der Waals surface area contributed by atoms with Crippen molar-refractivity contribution in [2.24, 2.45) is 17.8 Å². The van der Waals surface area contributed by atoms with Gasteiger partial charge in [0, 0.05) is 18.4 Å². The molecule has 1 saturated carbocycles. The Hall–Kier alpha value is -0.320. The number of aliphatic hydroxyl groups is 1. The van der Waals surface area contributed by atoms with Crippen LogP contribution in [0.3, 0.4) is 0 Å². The number of halogens is 1. The van der Waals surface area contributed by atoms with Gasteiger partial charge in [-0.05, 0) is 31.8 Å². The van der Waals surface area contributed by atoms with E-state index in [0.717, 1.165) is 32.4 Å². The van der Waals surface area contributed by atoms with Gasteiger partial charge >= 0.3 is 0 Å². The molecule has 4 nitrogen and oxygen atoms in total. The van der Waals surface area contributed by atoms with Crippen molar-refractivity contribution in [3.05, 3.63) is 0 Å². The number of hydrogen-bond acceptors (Lipinski definition) is 3. The average Bonchev–Trinajstić information content (AvgIpc) is 2.25. The second-order valence-corrected chi connectivity index (χ2v) is 5.56. The molecule has 0 aromatic rings. The molecular formula is C13H25ClN2O2. The Labute approximate surface area is 115 Å². The number of hydrogen-bond donors (Lipinski definition) is 3. The van der Waals surface area contributed by atoms with E-state index in [1.54, 1.807) is 0 Å². The molecule has 2 fully saturated rings. The molecule has 1 heterocycles. The Bertz CT molecular complexity index is 272. The zero-order chi connectivity index (χ0) is 12.3. The average molecular weight is 277 g/mol. The van der Waals surface area contributed by atoms with E-state index in [-0.39, 0.29) is 36.3 Å². The monoisotopic (exact) mass is 276 g/mol. The van der Waals surface area contributed by atoms with E-state index in [1.807, 2.05) is 6.92 Å². The molecule has 0 radical (unpaired) electrons. The third kappa shape index (κ3) is 3.84. The first kappa shape index (κ1) is 15.7. The summed E-state index contributed by atoms with van der Waals surface area (Å²) < 4.78 is 0. The van der Waals surface area contributed by atoms with E-state index in [2.05, 4.69) is 10.6 Å².